The van der Waals surface area contributed by atoms with E-state index in [1.54, 1.807) is 7.11 Å². The van der Waals surface area contributed by atoms with Gasteiger partial charge in [0.05, 0.1) is 30.8 Å². The van der Waals surface area contributed by atoms with Crippen LogP contribution in [-0.2, 0) is 11.0 Å². The van der Waals surface area contributed by atoms with Crippen molar-refractivity contribution in [2.45, 2.75) is 111 Å². The van der Waals surface area contributed by atoms with Gasteiger partial charge in [-0.3, -0.25) is 0 Å². The van der Waals surface area contributed by atoms with E-state index in [9.17, 15) is 5.11 Å². The van der Waals surface area contributed by atoms with Crippen LogP contribution in [0.15, 0.2) is 66.7 Å². The highest BCUT2D eigenvalue weighted by Gasteiger charge is 2.40. The maximum atomic E-state index is 12.2. The van der Waals surface area contributed by atoms with Gasteiger partial charge in [0.15, 0.2) is 8.32 Å². The number of rotatable bonds is 13. The number of aliphatic hydroxyl groups excluding tert-OH is 1. The SMILES string of the molecule is COc1cc(C)cc2c(-c3c(OC(C)C)cc(OC(C)C)cc3[C@@H](O)[C@H](C)O[Si](C)(C)C(C)(C)C)ccc(OCc3ccccc3)c12. The van der Waals surface area contributed by atoms with Gasteiger partial charge in [0, 0.05) is 11.6 Å². The third-order valence-electron chi connectivity index (χ3n) is 8.80. The van der Waals surface area contributed by atoms with E-state index in [1.165, 1.54) is 0 Å². The molecule has 0 radical (unpaired) electrons. The van der Waals surface area contributed by atoms with E-state index < -0.39 is 20.5 Å². The van der Waals surface area contributed by atoms with E-state index in [2.05, 4.69) is 65.1 Å². The fourth-order valence-corrected chi connectivity index (χ4v) is 6.98. The molecule has 0 aliphatic heterocycles. The third kappa shape index (κ3) is 8.50. The summed E-state index contributed by atoms with van der Waals surface area (Å²) in [5.41, 5.74) is 4.49. The van der Waals surface area contributed by atoms with Crippen molar-refractivity contribution in [3.05, 3.63) is 83.4 Å². The molecule has 0 amide bonds. The van der Waals surface area contributed by atoms with E-state index in [0.717, 1.165) is 33.0 Å². The molecule has 0 fully saturated rings. The Bertz CT molecular complexity index is 1660. The summed E-state index contributed by atoms with van der Waals surface area (Å²) < 4.78 is 31.9. The highest BCUT2D eigenvalue weighted by Crippen LogP contribution is 2.48. The molecule has 6 nitrogen and oxygen atoms in total. The molecule has 0 unspecified atom stereocenters. The van der Waals surface area contributed by atoms with Crippen LogP contribution in [0.5, 0.6) is 23.0 Å². The van der Waals surface area contributed by atoms with Crippen LogP contribution in [0.3, 0.4) is 0 Å². The highest BCUT2D eigenvalue weighted by molar-refractivity contribution is 6.74. The van der Waals surface area contributed by atoms with Crippen LogP contribution in [0.25, 0.3) is 21.9 Å². The first-order valence-corrected chi connectivity index (χ1v) is 19.6. The van der Waals surface area contributed by atoms with E-state index >= 15 is 0 Å². The standard InChI is InChI=1S/C40H54O6Si/c1-25(2)44-30-22-33(39(41)28(6)46-47(11,12)40(7,8)9)37(36(23-30)45-26(3)4)31-18-19-34(43-24-29-16-14-13-15-17-29)38-32(31)20-27(5)21-35(38)42-10/h13-23,25-26,28,39,41H,24H2,1-12H3/t28-,39-/m0/s1. The summed E-state index contributed by atoms with van der Waals surface area (Å²) in [6, 6.07) is 22.2. The van der Waals surface area contributed by atoms with Gasteiger partial charge in [-0.15, -0.1) is 0 Å². The van der Waals surface area contributed by atoms with Crippen molar-refractivity contribution in [3.63, 3.8) is 0 Å². The van der Waals surface area contributed by atoms with Gasteiger partial charge < -0.3 is 28.5 Å². The normalized spacial score (nSPS) is 13.6. The van der Waals surface area contributed by atoms with Gasteiger partial charge in [-0.2, -0.15) is 0 Å². The third-order valence-corrected chi connectivity index (χ3v) is 13.4. The molecule has 47 heavy (non-hydrogen) atoms. The molecular weight excluding hydrogens is 605 g/mol. The molecule has 0 saturated heterocycles. The lowest BCUT2D eigenvalue weighted by Crippen LogP contribution is -2.44. The summed E-state index contributed by atoms with van der Waals surface area (Å²) in [6.45, 7) is 23.5. The maximum absolute atomic E-state index is 12.2. The Labute approximate surface area is 283 Å². The zero-order valence-electron chi connectivity index (χ0n) is 30.4. The van der Waals surface area contributed by atoms with Crippen LogP contribution in [0, 0.1) is 6.92 Å². The molecule has 0 saturated carbocycles. The molecule has 0 bridgehead atoms. The summed E-state index contributed by atoms with van der Waals surface area (Å²) in [7, 11) is -0.521. The number of methoxy groups -OCH3 is 1. The molecule has 2 atom stereocenters. The molecular formula is C40H54O6Si. The molecule has 4 rings (SSSR count). The summed E-state index contributed by atoms with van der Waals surface area (Å²) in [4.78, 5) is 0. The van der Waals surface area contributed by atoms with Crippen molar-refractivity contribution in [1.82, 2.24) is 0 Å². The second kappa shape index (κ2) is 14.7. The van der Waals surface area contributed by atoms with Gasteiger partial charge in [-0.05, 0) is 112 Å². The smallest absolute Gasteiger partial charge is 0.192 e. The molecule has 4 aromatic rings. The first-order chi connectivity index (χ1) is 22.0. The Kier molecular flexibility index (Phi) is 11.4. The minimum atomic E-state index is -2.20. The Balaban J connectivity index is 2.00. The molecule has 0 aromatic heterocycles. The predicted octanol–water partition coefficient (Wildman–Crippen LogP) is 10.4. The number of hydrogen-bond donors (Lipinski definition) is 1. The molecule has 0 aliphatic rings. The van der Waals surface area contributed by atoms with Gasteiger partial charge in [0.2, 0.25) is 0 Å². The topological polar surface area (TPSA) is 66.4 Å². The maximum Gasteiger partial charge on any atom is 0.192 e. The van der Waals surface area contributed by atoms with Crippen LogP contribution < -0.4 is 18.9 Å². The summed E-state index contributed by atoms with van der Waals surface area (Å²) >= 11 is 0. The number of hydrogen-bond acceptors (Lipinski definition) is 6. The molecule has 254 valence electrons. The van der Waals surface area contributed by atoms with Crippen molar-refractivity contribution >= 4 is 19.1 Å². The van der Waals surface area contributed by atoms with E-state index in [4.69, 9.17) is 23.4 Å². The average molecular weight is 659 g/mol. The van der Waals surface area contributed by atoms with Crippen molar-refractivity contribution in [1.29, 1.82) is 0 Å². The lowest BCUT2D eigenvalue weighted by Gasteiger charge is -2.40. The summed E-state index contributed by atoms with van der Waals surface area (Å²) in [6.07, 6.45) is -1.62. The van der Waals surface area contributed by atoms with Gasteiger partial charge in [0.25, 0.3) is 0 Å². The second-order valence-electron chi connectivity index (χ2n) is 14.5. The molecule has 4 aromatic carbocycles. The first-order valence-electron chi connectivity index (χ1n) is 16.7. The second-order valence-corrected chi connectivity index (χ2v) is 19.3. The summed E-state index contributed by atoms with van der Waals surface area (Å²) in [5.74, 6) is 2.69. The highest BCUT2D eigenvalue weighted by atomic mass is 28.4. The van der Waals surface area contributed by atoms with Crippen LogP contribution in [0.4, 0.5) is 0 Å². The predicted molar refractivity (Wildman–Crippen MR) is 196 cm³/mol. The average Bonchev–Trinajstić information content (AvgIpc) is 2.98. The largest absolute Gasteiger partial charge is 0.496 e. The number of aliphatic hydroxyl groups is 1. The summed E-state index contributed by atoms with van der Waals surface area (Å²) in [5, 5.41) is 14.0. The van der Waals surface area contributed by atoms with Crippen molar-refractivity contribution in [2.24, 2.45) is 0 Å². The fourth-order valence-electron chi connectivity index (χ4n) is 5.56. The lowest BCUT2D eigenvalue weighted by atomic mass is 9.89. The van der Waals surface area contributed by atoms with Crippen LogP contribution in [-0.4, -0.2) is 38.8 Å². The number of ether oxygens (including phenoxy) is 4. The minimum Gasteiger partial charge on any atom is -0.496 e. The van der Waals surface area contributed by atoms with Gasteiger partial charge in [-0.1, -0.05) is 57.2 Å². The lowest BCUT2D eigenvalue weighted by molar-refractivity contribution is 0.0379. The van der Waals surface area contributed by atoms with Gasteiger partial charge in [0.1, 0.15) is 35.7 Å². The number of fused-ring (bicyclic) bond motifs is 1. The molecule has 7 heteroatoms. The Hall–Kier alpha value is -3.52. The Morgan fingerprint density at radius 1 is 0.787 bits per heavy atom. The molecule has 0 aliphatic carbocycles. The molecule has 0 heterocycles. The quantitative estimate of drug-likeness (QED) is 0.144. The van der Waals surface area contributed by atoms with Gasteiger partial charge in [-0.25, -0.2) is 0 Å². The van der Waals surface area contributed by atoms with E-state index in [0.29, 0.717) is 35.2 Å². The minimum absolute atomic E-state index is 0.0157. The monoisotopic (exact) mass is 658 g/mol. The van der Waals surface area contributed by atoms with Gasteiger partial charge >= 0.3 is 0 Å². The van der Waals surface area contributed by atoms with Crippen LogP contribution >= 0.6 is 0 Å². The van der Waals surface area contributed by atoms with Crippen molar-refractivity contribution < 1.29 is 28.5 Å². The fraction of sp³-hybridized carbons (Fsp3) is 0.450. The zero-order chi connectivity index (χ0) is 34.7. The van der Waals surface area contributed by atoms with E-state index in [-0.39, 0.29) is 17.2 Å². The first kappa shape index (κ1) is 36.3. The zero-order valence-corrected chi connectivity index (χ0v) is 31.4. The molecule has 0 spiro atoms. The van der Waals surface area contributed by atoms with Crippen molar-refractivity contribution in [3.8, 4) is 34.1 Å². The molecule has 1 N–H and O–H groups in total. The van der Waals surface area contributed by atoms with Crippen LogP contribution in [0.1, 0.15) is 78.2 Å². The Morgan fingerprint density at radius 2 is 1.45 bits per heavy atom. The Morgan fingerprint density at radius 3 is 2.04 bits per heavy atom. The van der Waals surface area contributed by atoms with Crippen molar-refractivity contribution in [2.75, 3.05) is 7.11 Å². The number of benzene rings is 4. The van der Waals surface area contributed by atoms with Crippen LogP contribution in [0.2, 0.25) is 18.1 Å². The number of aryl methyl sites for hydroxylation is 1. The van der Waals surface area contributed by atoms with E-state index in [1.807, 2.05) is 77.1 Å².